The molecule has 17 heavy (non-hydrogen) atoms. The highest BCUT2D eigenvalue weighted by Crippen LogP contribution is 2.16. The van der Waals surface area contributed by atoms with Crippen molar-refractivity contribution in [2.24, 2.45) is 0 Å². The van der Waals surface area contributed by atoms with Gasteiger partial charge in [-0.25, -0.2) is 4.98 Å². The number of aromatic amines is 1. The molecule has 2 aromatic rings. The van der Waals surface area contributed by atoms with Crippen LogP contribution in [0.3, 0.4) is 0 Å². The van der Waals surface area contributed by atoms with Crippen molar-refractivity contribution in [1.29, 1.82) is 0 Å². The molecule has 1 aromatic heterocycles. The van der Waals surface area contributed by atoms with Crippen molar-refractivity contribution < 1.29 is 0 Å². The van der Waals surface area contributed by atoms with E-state index < -0.39 is 0 Å². The Labute approximate surface area is 102 Å². The number of hydrogen-bond donors (Lipinski definition) is 2. The SMILES string of the molecule is CCCNCc1cnc(-c2cccc(C)c2)[nH]1. The molecule has 0 unspecified atom stereocenters. The minimum absolute atomic E-state index is 0.854. The third-order valence-electron chi connectivity index (χ3n) is 2.66. The normalized spacial score (nSPS) is 10.7. The maximum Gasteiger partial charge on any atom is 0.137 e. The first-order chi connectivity index (χ1) is 8.29. The predicted molar refractivity (Wildman–Crippen MR) is 70.8 cm³/mol. The van der Waals surface area contributed by atoms with Crippen LogP contribution in [0.4, 0.5) is 0 Å². The first kappa shape index (κ1) is 11.9. The first-order valence-corrected chi connectivity index (χ1v) is 6.11. The minimum atomic E-state index is 0.854. The van der Waals surface area contributed by atoms with E-state index in [1.54, 1.807) is 0 Å². The van der Waals surface area contributed by atoms with E-state index >= 15 is 0 Å². The maximum atomic E-state index is 4.41. The average Bonchev–Trinajstić information content (AvgIpc) is 2.78. The molecule has 1 heterocycles. The van der Waals surface area contributed by atoms with Gasteiger partial charge in [-0.3, -0.25) is 0 Å². The monoisotopic (exact) mass is 229 g/mol. The van der Waals surface area contributed by atoms with Crippen molar-refractivity contribution in [2.45, 2.75) is 26.8 Å². The second kappa shape index (κ2) is 5.64. The lowest BCUT2D eigenvalue weighted by Gasteiger charge is -2.00. The van der Waals surface area contributed by atoms with E-state index in [4.69, 9.17) is 0 Å². The summed E-state index contributed by atoms with van der Waals surface area (Å²) in [5, 5.41) is 3.36. The van der Waals surface area contributed by atoms with Crippen molar-refractivity contribution in [3.05, 3.63) is 41.7 Å². The van der Waals surface area contributed by atoms with Crippen molar-refractivity contribution in [2.75, 3.05) is 6.54 Å². The summed E-state index contributed by atoms with van der Waals surface area (Å²) in [6.07, 6.45) is 3.05. The summed E-state index contributed by atoms with van der Waals surface area (Å²) in [5.74, 6) is 0.946. The zero-order valence-electron chi connectivity index (χ0n) is 10.5. The van der Waals surface area contributed by atoms with Gasteiger partial charge in [0.1, 0.15) is 5.82 Å². The van der Waals surface area contributed by atoms with Crippen LogP contribution < -0.4 is 5.32 Å². The Balaban J connectivity index is 2.07. The van der Waals surface area contributed by atoms with Gasteiger partial charge in [-0.1, -0.05) is 30.7 Å². The van der Waals surface area contributed by atoms with Gasteiger partial charge in [-0.05, 0) is 26.0 Å². The van der Waals surface area contributed by atoms with Gasteiger partial charge in [0.25, 0.3) is 0 Å². The summed E-state index contributed by atoms with van der Waals surface area (Å²) in [5.41, 5.74) is 3.53. The number of nitrogens with one attached hydrogen (secondary N) is 2. The van der Waals surface area contributed by atoms with E-state index in [0.29, 0.717) is 0 Å². The van der Waals surface area contributed by atoms with Crippen molar-refractivity contribution >= 4 is 0 Å². The van der Waals surface area contributed by atoms with Gasteiger partial charge in [-0.15, -0.1) is 0 Å². The van der Waals surface area contributed by atoms with E-state index in [2.05, 4.69) is 53.4 Å². The second-order valence-electron chi connectivity index (χ2n) is 4.30. The third kappa shape index (κ3) is 3.17. The molecule has 2 rings (SSSR count). The van der Waals surface area contributed by atoms with Crippen molar-refractivity contribution in [1.82, 2.24) is 15.3 Å². The van der Waals surface area contributed by atoms with Gasteiger partial charge in [0.2, 0.25) is 0 Å². The maximum absolute atomic E-state index is 4.41. The van der Waals surface area contributed by atoms with Gasteiger partial charge in [0.15, 0.2) is 0 Å². The van der Waals surface area contributed by atoms with Gasteiger partial charge in [-0.2, -0.15) is 0 Å². The molecular formula is C14H19N3. The molecule has 0 saturated carbocycles. The third-order valence-corrected chi connectivity index (χ3v) is 2.66. The highest BCUT2D eigenvalue weighted by Gasteiger charge is 2.03. The Kier molecular flexibility index (Phi) is 3.94. The molecule has 0 amide bonds. The summed E-state index contributed by atoms with van der Waals surface area (Å²) in [6.45, 7) is 6.15. The molecule has 90 valence electrons. The number of rotatable bonds is 5. The van der Waals surface area contributed by atoms with E-state index in [1.165, 1.54) is 5.56 Å². The fourth-order valence-corrected chi connectivity index (χ4v) is 1.79. The molecule has 3 heteroatoms. The molecule has 0 fully saturated rings. The Bertz CT molecular complexity index is 474. The zero-order chi connectivity index (χ0) is 12.1. The molecule has 0 bridgehead atoms. The summed E-state index contributed by atoms with van der Waals surface area (Å²) in [4.78, 5) is 7.75. The minimum Gasteiger partial charge on any atom is -0.341 e. The standard InChI is InChI=1S/C14H19N3/c1-3-7-15-9-13-10-16-14(17-13)12-6-4-5-11(2)8-12/h4-6,8,10,15H,3,7,9H2,1-2H3,(H,16,17). The number of aryl methyl sites for hydroxylation is 1. The Hall–Kier alpha value is -1.61. The molecule has 2 N–H and O–H groups in total. The van der Waals surface area contributed by atoms with Crippen LogP contribution in [-0.4, -0.2) is 16.5 Å². The van der Waals surface area contributed by atoms with Gasteiger partial charge < -0.3 is 10.3 Å². The lowest BCUT2D eigenvalue weighted by Crippen LogP contribution is -2.13. The number of H-pyrrole nitrogens is 1. The molecule has 0 atom stereocenters. The lowest BCUT2D eigenvalue weighted by molar-refractivity contribution is 0.667. The number of benzene rings is 1. The largest absolute Gasteiger partial charge is 0.341 e. The second-order valence-corrected chi connectivity index (χ2v) is 4.30. The van der Waals surface area contributed by atoms with Crippen LogP contribution in [0.1, 0.15) is 24.6 Å². The fraction of sp³-hybridized carbons (Fsp3) is 0.357. The van der Waals surface area contributed by atoms with Crippen LogP contribution >= 0.6 is 0 Å². The van der Waals surface area contributed by atoms with Crippen LogP contribution in [0.15, 0.2) is 30.5 Å². The molecule has 0 aliphatic carbocycles. The van der Waals surface area contributed by atoms with Crippen LogP contribution in [0, 0.1) is 6.92 Å². The smallest absolute Gasteiger partial charge is 0.137 e. The summed E-state index contributed by atoms with van der Waals surface area (Å²) in [7, 11) is 0. The molecule has 0 spiro atoms. The highest BCUT2D eigenvalue weighted by atomic mass is 15.0. The van der Waals surface area contributed by atoms with Crippen LogP contribution in [-0.2, 0) is 6.54 Å². The summed E-state index contributed by atoms with van der Waals surface area (Å²) >= 11 is 0. The van der Waals surface area contributed by atoms with Crippen LogP contribution in [0.25, 0.3) is 11.4 Å². The quantitative estimate of drug-likeness (QED) is 0.774. The van der Waals surface area contributed by atoms with Crippen LogP contribution in [0.5, 0.6) is 0 Å². The molecule has 0 radical (unpaired) electrons. The van der Waals surface area contributed by atoms with E-state index in [9.17, 15) is 0 Å². The highest BCUT2D eigenvalue weighted by molar-refractivity contribution is 5.56. The molecule has 0 saturated heterocycles. The average molecular weight is 229 g/mol. The predicted octanol–water partition coefficient (Wildman–Crippen LogP) is 2.88. The Morgan fingerprint density at radius 3 is 3.00 bits per heavy atom. The Morgan fingerprint density at radius 2 is 2.24 bits per heavy atom. The van der Waals surface area contributed by atoms with Gasteiger partial charge >= 0.3 is 0 Å². The van der Waals surface area contributed by atoms with E-state index in [-0.39, 0.29) is 0 Å². The zero-order valence-corrected chi connectivity index (χ0v) is 10.5. The molecule has 0 aliphatic rings. The molecular weight excluding hydrogens is 210 g/mol. The summed E-state index contributed by atoms with van der Waals surface area (Å²) < 4.78 is 0. The number of hydrogen-bond acceptors (Lipinski definition) is 2. The van der Waals surface area contributed by atoms with Crippen LogP contribution in [0.2, 0.25) is 0 Å². The van der Waals surface area contributed by atoms with Crippen molar-refractivity contribution in [3.63, 3.8) is 0 Å². The molecule has 0 aliphatic heterocycles. The number of aromatic nitrogens is 2. The summed E-state index contributed by atoms with van der Waals surface area (Å²) in [6, 6.07) is 8.37. The fourth-order valence-electron chi connectivity index (χ4n) is 1.79. The van der Waals surface area contributed by atoms with E-state index in [1.807, 2.05) is 6.20 Å². The molecule has 1 aromatic carbocycles. The first-order valence-electron chi connectivity index (χ1n) is 6.11. The van der Waals surface area contributed by atoms with Gasteiger partial charge in [0, 0.05) is 24.0 Å². The van der Waals surface area contributed by atoms with Gasteiger partial charge in [0.05, 0.1) is 0 Å². The number of imidazole rings is 1. The lowest BCUT2D eigenvalue weighted by atomic mass is 10.1. The topological polar surface area (TPSA) is 40.7 Å². The number of nitrogens with zero attached hydrogens (tertiary/aromatic N) is 1. The molecule has 3 nitrogen and oxygen atoms in total. The van der Waals surface area contributed by atoms with E-state index in [0.717, 1.165) is 36.6 Å². The van der Waals surface area contributed by atoms with Crippen molar-refractivity contribution in [3.8, 4) is 11.4 Å². The Morgan fingerprint density at radius 1 is 1.35 bits per heavy atom.